The molecule has 0 atom stereocenters. The van der Waals surface area contributed by atoms with Crippen LogP contribution in [0.2, 0.25) is 0 Å². The number of phenolic OH excluding ortho intramolecular Hbond substituents is 1. The van der Waals surface area contributed by atoms with Crippen molar-refractivity contribution in [3.63, 3.8) is 0 Å². The molecule has 0 aliphatic heterocycles. The molecule has 4 aromatic rings. The van der Waals surface area contributed by atoms with Gasteiger partial charge in [-0.15, -0.1) is 10.2 Å². The van der Waals surface area contributed by atoms with Gasteiger partial charge in [0.15, 0.2) is 5.75 Å². The minimum absolute atomic E-state index is 0.0447. The average Bonchev–Trinajstić information content (AvgIpc) is 3.15. The smallest absolute Gasteiger partial charge is 0.505 e. The number of nitrogens with zero attached hydrogens (tertiary/aromatic N) is 3. The Morgan fingerprint density at radius 3 is 2.53 bits per heavy atom. The summed E-state index contributed by atoms with van der Waals surface area (Å²) in [4.78, 5) is 24.0. The quantitative estimate of drug-likeness (QED) is 0.165. The second kappa shape index (κ2) is 10.2. The first kappa shape index (κ1) is 24.3. The number of carboxylic acid groups (broad SMARTS) is 1. The molecule has 0 fully saturated rings. The van der Waals surface area contributed by atoms with E-state index in [4.69, 9.17) is 14.6 Å². The number of azo groups is 1. The van der Waals surface area contributed by atoms with Crippen LogP contribution in [0.25, 0.3) is 16.8 Å². The number of aromatic amines is 1. The van der Waals surface area contributed by atoms with Gasteiger partial charge in [-0.2, -0.15) is 0 Å². The van der Waals surface area contributed by atoms with Gasteiger partial charge < -0.3 is 19.7 Å². The number of aryl methyl sites for hydroxylation is 2. The zero-order valence-corrected chi connectivity index (χ0v) is 19.8. The summed E-state index contributed by atoms with van der Waals surface area (Å²) < 4.78 is 11.6. The molecule has 1 heterocycles. The molecule has 0 spiro atoms. The van der Waals surface area contributed by atoms with Crippen LogP contribution < -0.4 is 15.0 Å². The van der Waals surface area contributed by atoms with Crippen LogP contribution in [0, 0.1) is 13.8 Å². The Balaban J connectivity index is 1.72. The van der Waals surface area contributed by atoms with Crippen LogP contribution in [0.5, 0.6) is 17.4 Å². The Morgan fingerprint density at radius 2 is 1.81 bits per heavy atom. The van der Waals surface area contributed by atoms with E-state index in [1.54, 1.807) is 31.2 Å². The number of rotatable bonds is 7. The fourth-order valence-electron chi connectivity index (χ4n) is 3.56. The van der Waals surface area contributed by atoms with E-state index in [0.29, 0.717) is 23.4 Å². The van der Waals surface area contributed by atoms with Crippen molar-refractivity contribution in [2.45, 2.75) is 20.8 Å². The highest BCUT2D eigenvalue weighted by molar-refractivity contribution is 5.77. The Bertz CT molecular complexity index is 1520. The number of carbonyl (C=O) groups is 1. The highest BCUT2D eigenvalue weighted by Crippen LogP contribution is 2.39. The van der Waals surface area contributed by atoms with E-state index in [1.807, 2.05) is 32.0 Å². The van der Waals surface area contributed by atoms with Gasteiger partial charge in [0.05, 0.1) is 12.3 Å². The number of hydrogen-bond donors (Lipinski definition) is 3. The molecular formula is C26H24N4O6. The third kappa shape index (κ3) is 4.97. The van der Waals surface area contributed by atoms with E-state index in [1.165, 1.54) is 22.9 Å². The van der Waals surface area contributed by atoms with Crippen molar-refractivity contribution >= 4 is 17.5 Å². The molecule has 10 heteroatoms. The number of benzene rings is 3. The van der Waals surface area contributed by atoms with E-state index in [-0.39, 0.29) is 28.8 Å². The average molecular weight is 489 g/mol. The maximum Gasteiger partial charge on any atom is 0.511 e. The number of para-hydroxylation sites is 1. The van der Waals surface area contributed by atoms with Crippen molar-refractivity contribution in [1.82, 2.24) is 9.78 Å². The number of hydrogen-bond acceptors (Lipinski definition) is 7. The number of aromatic hydroxyl groups is 1. The van der Waals surface area contributed by atoms with Crippen molar-refractivity contribution in [1.29, 1.82) is 0 Å². The molecule has 0 saturated heterocycles. The Kier molecular flexibility index (Phi) is 6.86. The Morgan fingerprint density at radius 1 is 1.03 bits per heavy atom. The van der Waals surface area contributed by atoms with Crippen LogP contribution in [0.15, 0.2) is 75.7 Å². The first-order valence-corrected chi connectivity index (χ1v) is 11.1. The molecular weight excluding hydrogens is 464 g/mol. The molecule has 0 radical (unpaired) electrons. The van der Waals surface area contributed by atoms with E-state index < -0.39 is 11.7 Å². The van der Waals surface area contributed by atoms with Crippen molar-refractivity contribution in [3.05, 3.63) is 82.1 Å². The molecule has 0 unspecified atom stereocenters. The summed E-state index contributed by atoms with van der Waals surface area (Å²) >= 11 is 0. The van der Waals surface area contributed by atoms with Gasteiger partial charge in [-0.1, -0.05) is 30.3 Å². The predicted molar refractivity (Wildman–Crippen MR) is 133 cm³/mol. The SMILES string of the molecule is CCOc1[nH]n(-c2ccc(C)c(C)c2)c(=O)c1N=Nc1cccc(-c2cccc(OC(=O)O)c2)c1O. The zero-order valence-electron chi connectivity index (χ0n) is 19.8. The standard InChI is InChI=1S/C26H24N4O6/c1-4-35-24-22(25(32)30(29-24)18-12-11-15(2)16(3)13-18)28-27-21-10-6-9-20(23(21)31)17-7-5-8-19(14-17)36-26(33)34/h5-14,29,31H,4H2,1-3H3,(H,33,34). The van der Waals surface area contributed by atoms with Gasteiger partial charge in [0.25, 0.3) is 0 Å². The fourth-order valence-corrected chi connectivity index (χ4v) is 3.56. The molecule has 3 aromatic carbocycles. The maximum absolute atomic E-state index is 13.2. The monoisotopic (exact) mass is 488 g/mol. The normalized spacial score (nSPS) is 11.1. The number of nitrogens with one attached hydrogen (secondary N) is 1. The number of H-pyrrole nitrogens is 1. The van der Waals surface area contributed by atoms with E-state index >= 15 is 0 Å². The summed E-state index contributed by atoms with van der Waals surface area (Å²) in [6.45, 7) is 6.02. The number of aromatic nitrogens is 2. The third-order valence-corrected chi connectivity index (χ3v) is 5.49. The highest BCUT2D eigenvalue weighted by Gasteiger charge is 2.18. The van der Waals surface area contributed by atoms with Gasteiger partial charge >= 0.3 is 11.7 Å². The van der Waals surface area contributed by atoms with Gasteiger partial charge in [-0.3, -0.25) is 9.89 Å². The van der Waals surface area contributed by atoms with Crippen LogP contribution in [-0.4, -0.2) is 32.8 Å². The largest absolute Gasteiger partial charge is 0.511 e. The lowest BCUT2D eigenvalue weighted by atomic mass is 10.0. The van der Waals surface area contributed by atoms with E-state index in [9.17, 15) is 14.7 Å². The summed E-state index contributed by atoms with van der Waals surface area (Å²) in [6, 6.07) is 16.7. The molecule has 10 nitrogen and oxygen atoms in total. The van der Waals surface area contributed by atoms with Crippen LogP contribution >= 0.6 is 0 Å². The van der Waals surface area contributed by atoms with Crippen molar-refractivity contribution in [2.75, 3.05) is 6.61 Å². The molecule has 0 amide bonds. The molecule has 0 bridgehead atoms. The first-order valence-electron chi connectivity index (χ1n) is 11.1. The minimum Gasteiger partial charge on any atom is -0.505 e. The van der Waals surface area contributed by atoms with Crippen molar-refractivity contribution in [2.24, 2.45) is 10.2 Å². The molecule has 0 aliphatic rings. The summed E-state index contributed by atoms with van der Waals surface area (Å²) in [6.07, 6.45) is -1.44. The predicted octanol–water partition coefficient (Wildman–Crippen LogP) is 6.03. The third-order valence-electron chi connectivity index (χ3n) is 5.49. The topological polar surface area (TPSA) is 138 Å². The second-order valence-electron chi connectivity index (χ2n) is 7.90. The lowest BCUT2D eigenvalue weighted by molar-refractivity contribution is 0.144. The summed E-state index contributed by atoms with van der Waals surface area (Å²) in [5, 5.41) is 30.8. The first-order chi connectivity index (χ1) is 17.3. The molecule has 184 valence electrons. The van der Waals surface area contributed by atoms with Crippen molar-refractivity contribution in [3.8, 4) is 34.2 Å². The van der Waals surface area contributed by atoms with E-state index in [0.717, 1.165) is 11.1 Å². The van der Waals surface area contributed by atoms with Gasteiger partial charge in [0, 0.05) is 5.56 Å². The summed E-state index contributed by atoms with van der Waals surface area (Å²) in [5.41, 5.74) is 3.24. The van der Waals surface area contributed by atoms with E-state index in [2.05, 4.69) is 15.3 Å². The number of phenols is 1. The Hall–Kier alpha value is -4.86. The Labute approximate surface area is 206 Å². The maximum atomic E-state index is 13.2. The van der Waals surface area contributed by atoms with Gasteiger partial charge in [-0.05, 0) is 67.8 Å². The van der Waals surface area contributed by atoms with Crippen LogP contribution in [0.1, 0.15) is 18.1 Å². The van der Waals surface area contributed by atoms with Crippen LogP contribution in [0.4, 0.5) is 16.2 Å². The molecule has 0 saturated carbocycles. The van der Waals surface area contributed by atoms with Gasteiger partial charge in [-0.25, -0.2) is 9.48 Å². The highest BCUT2D eigenvalue weighted by atomic mass is 16.7. The lowest BCUT2D eigenvalue weighted by Crippen LogP contribution is -2.14. The van der Waals surface area contributed by atoms with Crippen LogP contribution in [0.3, 0.4) is 0 Å². The lowest BCUT2D eigenvalue weighted by Gasteiger charge is -2.08. The number of ether oxygens (including phenoxy) is 2. The second-order valence-corrected chi connectivity index (χ2v) is 7.90. The van der Waals surface area contributed by atoms with Crippen molar-refractivity contribution < 1.29 is 24.5 Å². The minimum atomic E-state index is -1.44. The molecule has 0 aliphatic carbocycles. The summed E-state index contributed by atoms with van der Waals surface area (Å²) in [5.74, 6) is 0.0577. The fraction of sp³-hybridized carbons (Fsp3) is 0.154. The van der Waals surface area contributed by atoms with Gasteiger partial charge in [0.1, 0.15) is 11.4 Å². The molecule has 36 heavy (non-hydrogen) atoms. The van der Waals surface area contributed by atoms with Gasteiger partial charge in [0.2, 0.25) is 11.6 Å². The zero-order chi connectivity index (χ0) is 25.8. The summed E-state index contributed by atoms with van der Waals surface area (Å²) in [7, 11) is 0. The molecule has 4 rings (SSSR count). The van der Waals surface area contributed by atoms with Crippen LogP contribution in [-0.2, 0) is 0 Å². The molecule has 3 N–H and O–H groups in total. The molecule has 1 aromatic heterocycles.